The number of carbonyl (C=O) groups is 2. The van der Waals surface area contributed by atoms with Crippen LogP contribution in [0.15, 0.2) is 24.3 Å². The fourth-order valence-electron chi connectivity index (χ4n) is 2.26. The highest BCUT2D eigenvalue weighted by Gasteiger charge is 2.15. The van der Waals surface area contributed by atoms with E-state index in [4.69, 9.17) is 14.2 Å². The number of ether oxygens (including phenoxy) is 4. The maximum absolute atomic E-state index is 11.5. The molecule has 7 heteroatoms. The SMILES string of the molecule is COC(=O)c1ccc(OCCCCCOCCCNC(=O)OC(C)(C)C)cc1. The number of methoxy groups -OCH3 is 1. The number of alkyl carbamates (subject to hydrolysis) is 1. The van der Waals surface area contributed by atoms with E-state index >= 15 is 0 Å². The Kier molecular flexibility index (Phi) is 11.0. The highest BCUT2D eigenvalue weighted by atomic mass is 16.6. The normalized spacial score (nSPS) is 11.0. The Morgan fingerprint density at radius 2 is 1.57 bits per heavy atom. The third kappa shape index (κ3) is 11.4. The Labute approximate surface area is 167 Å². The number of hydrogen-bond acceptors (Lipinski definition) is 6. The molecule has 0 fully saturated rings. The van der Waals surface area contributed by atoms with Gasteiger partial charge < -0.3 is 24.3 Å². The van der Waals surface area contributed by atoms with E-state index in [9.17, 15) is 9.59 Å². The summed E-state index contributed by atoms with van der Waals surface area (Å²) in [7, 11) is 1.36. The van der Waals surface area contributed by atoms with Gasteiger partial charge in [0.05, 0.1) is 19.3 Å². The molecule has 1 aromatic rings. The third-order valence-electron chi connectivity index (χ3n) is 3.61. The summed E-state index contributed by atoms with van der Waals surface area (Å²) < 4.78 is 21.0. The molecule has 0 unspecified atom stereocenters. The van der Waals surface area contributed by atoms with Crippen LogP contribution in [0.1, 0.15) is 56.8 Å². The van der Waals surface area contributed by atoms with Crippen molar-refractivity contribution in [3.63, 3.8) is 0 Å². The van der Waals surface area contributed by atoms with E-state index in [-0.39, 0.29) is 5.97 Å². The Bertz CT molecular complexity index is 580. The van der Waals surface area contributed by atoms with Crippen molar-refractivity contribution >= 4 is 12.1 Å². The van der Waals surface area contributed by atoms with Crippen LogP contribution in [-0.4, -0.2) is 51.1 Å². The molecule has 0 atom stereocenters. The molecule has 0 radical (unpaired) electrons. The molecular formula is C21H33NO6. The van der Waals surface area contributed by atoms with Crippen molar-refractivity contribution in [2.45, 2.75) is 52.1 Å². The van der Waals surface area contributed by atoms with Gasteiger partial charge in [-0.25, -0.2) is 9.59 Å². The van der Waals surface area contributed by atoms with Crippen LogP contribution < -0.4 is 10.1 Å². The largest absolute Gasteiger partial charge is 0.494 e. The minimum atomic E-state index is -0.475. The summed E-state index contributed by atoms with van der Waals surface area (Å²) in [4.78, 5) is 22.8. The number of esters is 1. The van der Waals surface area contributed by atoms with Crippen molar-refractivity contribution in [1.82, 2.24) is 5.32 Å². The van der Waals surface area contributed by atoms with Crippen LogP contribution in [0.25, 0.3) is 0 Å². The smallest absolute Gasteiger partial charge is 0.407 e. The van der Waals surface area contributed by atoms with Gasteiger partial charge in [0.2, 0.25) is 0 Å². The number of carbonyl (C=O) groups excluding carboxylic acids is 2. The zero-order valence-corrected chi connectivity index (χ0v) is 17.4. The summed E-state index contributed by atoms with van der Waals surface area (Å²) in [6, 6.07) is 6.90. The first kappa shape index (κ1) is 23.8. The molecule has 1 aromatic carbocycles. The molecule has 1 amide bonds. The quantitative estimate of drug-likeness (QED) is 0.426. The second-order valence-electron chi connectivity index (χ2n) is 7.32. The molecular weight excluding hydrogens is 362 g/mol. The van der Waals surface area contributed by atoms with Crippen LogP contribution >= 0.6 is 0 Å². The Morgan fingerprint density at radius 1 is 0.929 bits per heavy atom. The fourth-order valence-corrected chi connectivity index (χ4v) is 2.26. The summed E-state index contributed by atoms with van der Waals surface area (Å²) in [6.07, 6.45) is 3.26. The van der Waals surface area contributed by atoms with Gasteiger partial charge in [-0.05, 0) is 70.7 Å². The Morgan fingerprint density at radius 3 is 2.21 bits per heavy atom. The standard InChI is InChI=1S/C21H33NO6/c1-21(2,3)28-20(24)22-13-8-15-26-14-6-5-7-16-27-18-11-9-17(10-12-18)19(23)25-4/h9-12H,5-8,13-16H2,1-4H3,(H,22,24). The van der Waals surface area contributed by atoms with Crippen LogP contribution in [0.2, 0.25) is 0 Å². The van der Waals surface area contributed by atoms with E-state index in [0.717, 1.165) is 31.4 Å². The molecule has 1 N–H and O–H groups in total. The molecule has 0 spiro atoms. The first-order valence-electron chi connectivity index (χ1n) is 9.67. The van der Waals surface area contributed by atoms with Crippen molar-refractivity contribution < 1.29 is 28.5 Å². The summed E-state index contributed by atoms with van der Waals surface area (Å²) in [5.41, 5.74) is 0.0323. The summed E-state index contributed by atoms with van der Waals surface area (Å²) in [6.45, 7) is 7.97. The lowest BCUT2D eigenvalue weighted by atomic mass is 10.2. The average Bonchev–Trinajstić information content (AvgIpc) is 2.64. The summed E-state index contributed by atoms with van der Waals surface area (Å²) in [5, 5.41) is 2.70. The lowest BCUT2D eigenvalue weighted by Crippen LogP contribution is -2.33. The first-order chi connectivity index (χ1) is 13.3. The zero-order chi connectivity index (χ0) is 20.8. The predicted octanol–water partition coefficient (Wildman–Crippen LogP) is 3.95. The van der Waals surface area contributed by atoms with Crippen LogP contribution in [0.3, 0.4) is 0 Å². The van der Waals surface area contributed by atoms with Gasteiger partial charge in [-0.1, -0.05) is 0 Å². The van der Waals surface area contributed by atoms with Gasteiger partial charge in [0.1, 0.15) is 11.4 Å². The summed E-state index contributed by atoms with van der Waals surface area (Å²) >= 11 is 0. The number of hydrogen-bond donors (Lipinski definition) is 1. The minimum Gasteiger partial charge on any atom is -0.494 e. The van der Waals surface area contributed by atoms with Gasteiger partial charge >= 0.3 is 12.1 Å². The predicted molar refractivity (Wildman–Crippen MR) is 107 cm³/mol. The van der Waals surface area contributed by atoms with E-state index in [2.05, 4.69) is 10.1 Å². The van der Waals surface area contributed by atoms with Crippen LogP contribution in [0.4, 0.5) is 4.79 Å². The Balaban J connectivity index is 1.94. The second kappa shape index (κ2) is 13.0. The van der Waals surface area contributed by atoms with Gasteiger partial charge in [-0.15, -0.1) is 0 Å². The van der Waals surface area contributed by atoms with Crippen molar-refractivity contribution in [3.8, 4) is 5.75 Å². The van der Waals surface area contributed by atoms with Crippen molar-refractivity contribution in [2.75, 3.05) is 33.5 Å². The number of rotatable bonds is 12. The van der Waals surface area contributed by atoms with Gasteiger partial charge in [0.15, 0.2) is 0 Å². The van der Waals surface area contributed by atoms with E-state index in [1.54, 1.807) is 24.3 Å². The maximum atomic E-state index is 11.5. The van der Waals surface area contributed by atoms with E-state index < -0.39 is 11.7 Å². The van der Waals surface area contributed by atoms with E-state index in [1.807, 2.05) is 20.8 Å². The van der Waals surface area contributed by atoms with Crippen molar-refractivity contribution in [2.24, 2.45) is 0 Å². The first-order valence-corrected chi connectivity index (χ1v) is 9.67. The third-order valence-corrected chi connectivity index (χ3v) is 3.61. The van der Waals surface area contributed by atoms with Crippen molar-refractivity contribution in [3.05, 3.63) is 29.8 Å². The molecule has 0 heterocycles. The lowest BCUT2D eigenvalue weighted by Gasteiger charge is -2.19. The lowest BCUT2D eigenvalue weighted by molar-refractivity contribution is 0.0518. The monoisotopic (exact) mass is 395 g/mol. The highest BCUT2D eigenvalue weighted by Crippen LogP contribution is 2.13. The van der Waals surface area contributed by atoms with E-state index in [1.165, 1.54) is 7.11 Å². The zero-order valence-electron chi connectivity index (χ0n) is 17.4. The molecule has 0 aliphatic rings. The summed E-state index contributed by atoms with van der Waals surface area (Å²) in [5.74, 6) is 0.383. The number of benzene rings is 1. The highest BCUT2D eigenvalue weighted by molar-refractivity contribution is 5.89. The van der Waals surface area contributed by atoms with E-state index in [0.29, 0.717) is 31.9 Å². The molecule has 158 valence electrons. The van der Waals surface area contributed by atoms with Crippen molar-refractivity contribution in [1.29, 1.82) is 0 Å². The molecule has 0 aliphatic heterocycles. The fraction of sp³-hybridized carbons (Fsp3) is 0.619. The molecule has 0 aliphatic carbocycles. The van der Waals surface area contributed by atoms with Crippen LogP contribution in [0, 0.1) is 0 Å². The molecule has 0 aromatic heterocycles. The second-order valence-corrected chi connectivity index (χ2v) is 7.32. The van der Waals surface area contributed by atoms with Gasteiger partial charge in [0.25, 0.3) is 0 Å². The number of nitrogens with one attached hydrogen (secondary N) is 1. The van der Waals surface area contributed by atoms with Gasteiger partial charge in [-0.2, -0.15) is 0 Å². The number of amides is 1. The minimum absolute atomic E-state index is 0.354. The molecule has 0 bridgehead atoms. The van der Waals surface area contributed by atoms with Gasteiger partial charge in [0, 0.05) is 19.8 Å². The molecule has 1 rings (SSSR count). The average molecular weight is 395 g/mol. The topological polar surface area (TPSA) is 83.1 Å². The van der Waals surface area contributed by atoms with Crippen LogP contribution in [-0.2, 0) is 14.2 Å². The molecule has 0 saturated carbocycles. The van der Waals surface area contributed by atoms with Gasteiger partial charge in [-0.3, -0.25) is 0 Å². The number of unbranched alkanes of at least 4 members (excludes halogenated alkanes) is 2. The Hall–Kier alpha value is -2.28. The molecule has 0 saturated heterocycles. The molecule has 28 heavy (non-hydrogen) atoms. The van der Waals surface area contributed by atoms with Crippen LogP contribution in [0.5, 0.6) is 5.75 Å². The maximum Gasteiger partial charge on any atom is 0.407 e. The molecule has 7 nitrogen and oxygen atoms in total.